The molecule has 1 heterocycles. The number of nitrogens with one attached hydrogen (secondary N) is 1. The Labute approximate surface area is 72.5 Å². The maximum atomic E-state index is 10.3. The van der Waals surface area contributed by atoms with Gasteiger partial charge in [0, 0.05) is 26.1 Å². The van der Waals surface area contributed by atoms with Crippen LogP contribution in [0, 0.1) is 0 Å². The van der Waals surface area contributed by atoms with E-state index in [1.54, 1.807) is 0 Å². The highest BCUT2D eigenvalue weighted by Crippen LogP contribution is 2.10. The topological polar surface area (TPSA) is 64.4 Å². The van der Waals surface area contributed by atoms with Gasteiger partial charge in [0.25, 0.3) is 0 Å². The fourth-order valence-electron chi connectivity index (χ4n) is 1.28. The van der Waals surface area contributed by atoms with Crippen molar-refractivity contribution in [1.29, 1.82) is 0 Å². The van der Waals surface area contributed by atoms with Crippen LogP contribution < -0.4 is 11.1 Å². The molecule has 4 nitrogen and oxygen atoms in total. The summed E-state index contributed by atoms with van der Waals surface area (Å²) in [5, 5.41) is 3.13. The summed E-state index contributed by atoms with van der Waals surface area (Å²) in [6.45, 7) is 2.38. The second-order valence-electron chi connectivity index (χ2n) is 3.06. The molecule has 1 atom stereocenters. The van der Waals surface area contributed by atoms with Gasteiger partial charge in [-0.3, -0.25) is 4.79 Å². The van der Waals surface area contributed by atoms with Crippen LogP contribution in [0.2, 0.25) is 0 Å². The molecule has 0 aromatic carbocycles. The second kappa shape index (κ2) is 5.11. The molecule has 0 radical (unpaired) electrons. The Bertz CT molecular complexity index is 144. The maximum Gasteiger partial charge on any atom is 0.218 e. The quantitative estimate of drug-likeness (QED) is 0.556. The average molecular weight is 172 g/mol. The van der Waals surface area contributed by atoms with Gasteiger partial charge in [0.2, 0.25) is 5.91 Å². The van der Waals surface area contributed by atoms with Crippen molar-refractivity contribution >= 4 is 5.91 Å². The van der Waals surface area contributed by atoms with Gasteiger partial charge in [-0.05, 0) is 12.8 Å². The van der Waals surface area contributed by atoms with E-state index in [1.807, 2.05) is 0 Å². The van der Waals surface area contributed by atoms with Gasteiger partial charge in [-0.2, -0.15) is 0 Å². The van der Waals surface area contributed by atoms with Crippen LogP contribution in [-0.2, 0) is 9.53 Å². The molecular formula is C8H16N2O2. The number of rotatable bonds is 5. The lowest BCUT2D eigenvalue weighted by Crippen LogP contribution is -2.29. The smallest absolute Gasteiger partial charge is 0.218 e. The van der Waals surface area contributed by atoms with Crippen LogP contribution in [0.5, 0.6) is 0 Å². The van der Waals surface area contributed by atoms with Crippen LogP contribution in [0.1, 0.15) is 19.3 Å². The molecule has 1 fully saturated rings. The molecule has 0 saturated carbocycles. The Morgan fingerprint density at radius 3 is 3.08 bits per heavy atom. The summed E-state index contributed by atoms with van der Waals surface area (Å²) in [7, 11) is 0. The lowest BCUT2D eigenvalue weighted by atomic mass is 10.2. The first-order chi connectivity index (χ1) is 5.79. The van der Waals surface area contributed by atoms with E-state index in [1.165, 1.54) is 0 Å². The van der Waals surface area contributed by atoms with Gasteiger partial charge in [-0.25, -0.2) is 0 Å². The van der Waals surface area contributed by atoms with Gasteiger partial charge < -0.3 is 15.8 Å². The molecule has 1 rings (SSSR count). The molecule has 4 heteroatoms. The molecule has 0 aliphatic carbocycles. The van der Waals surface area contributed by atoms with Crippen molar-refractivity contribution in [2.75, 3.05) is 19.7 Å². The second-order valence-corrected chi connectivity index (χ2v) is 3.06. The zero-order valence-electron chi connectivity index (χ0n) is 7.21. The van der Waals surface area contributed by atoms with Gasteiger partial charge in [0.15, 0.2) is 0 Å². The summed E-state index contributed by atoms with van der Waals surface area (Å²) >= 11 is 0. The zero-order chi connectivity index (χ0) is 8.81. The highest BCUT2D eigenvalue weighted by Gasteiger charge is 2.14. The summed E-state index contributed by atoms with van der Waals surface area (Å²) in [6, 6.07) is 0. The molecule has 70 valence electrons. The van der Waals surface area contributed by atoms with Crippen molar-refractivity contribution in [3.8, 4) is 0 Å². The summed E-state index contributed by atoms with van der Waals surface area (Å²) in [5.74, 6) is -0.255. The van der Waals surface area contributed by atoms with Crippen LogP contribution in [0.4, 0.5) is 0 Å². The Morgan fingerprint density at radius 1 is 1.67 bits per heavy atom. The van der Waals surface area contributed by atoms with Crippen molar-refractivity contribution in [1.82, 2.24) is 5.32 Å². The largest absolute Gasteiger partial charge is 0.377 e. The Morgan fingerprint density at radius 2 is 2.50 bits per heavy atom. The van der Waals surface area contributed by atoms with Crippen LogP contribution in [0.25, 0.3) is 0 Å². The molecule has 1 saturated heterocycles. The normalized spacial score (nSPS) is 22.8. The number of carbonyl (C=O) groups is 1. The Hall–Kier alpha value is -0.610. The Balaban J connectivity index is 1.91. The van der Waals surface area contributed by atoms with Gasteiger partial charge in [0.05, 0.1) is 6.10 Å². The molecule has 0 unspecified atom stereocenters. The van der Waals surface area contributed by atoms with Crippen LogP contribution in [-0.4, -0.2) is 31.7 Å². The van der Waals surface area contributed by atoms with Crippen LogP contribution in [0.15, 0.2) is 0 Å². The third kappa shape index (κ3) is 3.69. The monoisotopic (exact) mass is 172 g/mol. The number of hydrogen-bond acceptors (Lipinski definition) is 3. The first-order valence-corrected chi connectivity index (χ1v) is 4.39. The van der Waals surface area contributed by atoms with E-state index in [0.717, 1.165) is 26.0 Å². The summed E-state index contributed by atoms with van der Waals surface area (Å²) in [6.07, 6.45) is 3.04. The van der Waals surface area contributed by atoms with Crippen molar-refractivity contribution < 1.29 is 9.53 Å². The highest BCUT2D eigenvalue weighted by atomic mass is 16.5. The number of primary amides is 1. The first-order valence-electron chi connectivity index (χ1n) is 4.39. The number of amides is 1. The fraction of sp³-hybridized carbons (Fsp3) is 0.875. The minimum absolute atomic E-state index is 0.255. The standard InChI is InChI=1S/C8H16N2O2/c9-8(11)3-4-10-6-7-2-1-5-12-7/h7,10H,1-6H2,(H2,9,11)/t7-/m0/s1. The molecule has 0 aromatic heterocycles. The molecule has 12 heavy (non-hydrogen) atoms. The first kappa shape index (κ1) is 9.48. The predicted molar refractivity (Wildman–Crippen MR) is 45.7 cm³/mol. The minimum Gasteiger partial charge on any atom is -0.377 e. The molecule has 0 spiro atoms. The molecule has 1 amide bonds. The minimum atomic E-state index is -0.255. The van der Waals surface area contributed by atoms with E-state index in [4.69, 9.17) is 10.5 Å². The summed E-state index contributed by atoms with van der Waals surface area (Å²) in [5.41, 5.74) is 4.98. The lowest BCUT2D eigenvalue weighted by molar-refractivity contribution is -0.117. The van der Waals surface area contributed by atoms with Gasteiger partial charge in [0.1, 0.15) is 0 Å². The average Bonchev–Trinajstić information content (AvgIpc) is 2.49. The molecule has 1 aliphatic heterocycles. The molecule has 3 N–H and O–H groups in total. The number of carbonyl (C=O) groups excluding carboxylic acids is 1. The number of hydrogen-bond donors (Lipinski definition) is 2. The van der Waals surface area contributed by atoms with E-state index in [9.17, 15) is 4.79 Å². The molecule has 0 bridgehead atoms. The molecule has 0 aromatic rings. The van der Waals surface area contributed by atoms with Crippen LogP contribution in [0.3, 0.4) is 0 Å². The van der Waals surface area contributed by atoms with E-state index < -0.39 is 0 Å². The van der Waals surface area contributed by atoms with E-state index >= 15 is 0 Å². The van der Waals surface area contributed by atoms with Gasteiger partial charge >= 0.3 is 0 Å². The van der Waals surface area contributed by atoms with Crippen LogP contribution >= 0.6 is 0 Å². The van der Waals surface area contributed by atoms with Crippen molar-refractivity contribution in [2.24, 2.45) is 5.73 Å². The van der Waals surface area contributed by atoms with E-state index in [2.05, 4.69) is 5.32 Å². The van der Waals surface area contributed by atoms with Gasteiger partial charge in [-0.1, -0.05) is 0 Å². The Kier molecular flexibility index (Phi) is 4.04. The lowest BCUT2D eigenvalue weighted by Gasteiger charge is -2.09. The zero-order valence-corrected chi connectivity index (χ0v) is 7.21. The predicted octanol–water partition coefficient (Wildman–Crippen LogP) is -0.370. The van der Waals surface area contributed by atoms with Crippen molar-refractivity contribution in [2.45, 2.75) is 25.4 Å². The maximum absolute atomic E-state index is 10.3. The molecule has 1 aliphatic rings. The third-order valence-corrected chi connectivity index (χ3v) is 1.94. The SMILES string of the molecule is NC(=O)CCNC[C@@H]1CCCO1. The van der Waals surface area contributed by atoms with Crippen molar-refractivity contribution in [3.05, 3.63) is 0 Å². The van der Waals surface area contributed by atoms with Gasteiger partial charge in [-0.15, -0.1) is 0 Å². The van der Waals surface area contributed by atoms with E-state index in [0.29, 0.717) is 19.1 Å². The summed E-state index contributed by atoms with van der Waals surface area (Å²) in [4.78, 5) is 10.3. The fourth-order valence-corrected chi connectivity index (χ4v) is 1.28. The van der Waals surface area contributed by atoms with Crippen molar-refractivity contribution in [3.63, 3.8) is 0 Å². The number of nitrogens with two attached hydrogens (primary N) is 1. The third-order valence-electron chi connectivity index (χ3n) is 1.94. The molecular weight excluding hydrogens is 156 g/mol. The number of ether oxygens (including phenoxy) is 1. The summed E-state index contributed by atoms with van der Waals surface area (Å²) < 4.78 is 5.38. The van der Waals surface area contributed by atoms with E-state index in [-0.39, 0.29) is 5.91 Å². The highest BCUT2D eigenvalue weighted by molar-refractivity contribution is 5.73.